The predicted octanol–water partition coefficient (Wildman–Crippen LogP) is 2.15. The highest BCUT2D eigenvalue weighted by atomic mass is 35.5. The van der Waals surface area contributed by atoms with Crippen molar-refractivity contribution in [3.05, 3.63) is 30.1 Å². The molecule has 0 saturated heterocycles. The summed E-state index contributed by atoms with van der Waals surface area (Å²) in [5.74, 6) is 6.06. The van der Waals surface area contributed by atoms with Gasteiger partial charge < -0.3 is 4.98 Å². The van der Waals surface area contributed by atoms with Crippen LogP contribution in [0.25, 0.3) is 11.0 Å². The number of halogens is 1. The number of pyridine rings is 1. The minimum absolute atomic E-state index is 0.352. The third-order valence-electron chi connectivity index (χ3n) is 1.70. The summed E-state index contributed by atoms with van der Waals surface area (Å²) in [6.07, 6.45) is 3.59. The van der Waals surface area contributed by atoms with Gasteiger partial charge in [-0.15, -0.1) is 11.6 Å². The molecule has 0 bridgehead atoms. The number of aromatic nitrogens is 2. The van der Waals surface area contributed by atoms with Gasteiger partial charge in [-0.05, 0) is 12.1 Å². The van der Waals surface area contributed by atoms with Gasteiger partial charge in [0.05, 0.1) is 5.88 Å². The third-order valence-corrected chi connectivity index (χ3v) is 1.83. The number of nitrogens with one attached hydrogen (secondary N) is 1. The highest BCUT2D eigenvalue weighted by Crippen LogP contribution is 2.10. The summed E-state index contributed by atoms with van der Waals surface area (Å²) in [5.41, 5.74) is 1.78. The van der Waals surface area contributed by atoms with Crippen LogP contribution in [0, 0.1) is 11.8 Å². The van der Waals surface area contributed by atoms with E-state index in [-0.39, 0.29) is 0 Å². The zero-order chi connectivity index (χ0) is 9.10. The average molecular weight is 191 g/mol. The van der Waals surface area contributed by atoms with Gasteiger partial charge in [0.25, 0.3) is 0 Å². The van der Waals surface area contributed by atoms with Gasteiger partial charge in [-0.2, -0.15) is 0 Å². The minimum Gasteiger partial charge on any atom is -0.346 e. The van der Waals surface area contributed by atoms with Crippen LogP contribution >= 0.6 is 11.6 Å². The summed E-state index contributed by atoms with van der Waals surface area (Å²) in [7, 11) is 0. The second kappa shape index (κ2) is 3.51. The zero-order valence-electron chi connectivity index (χ0n) is 6.84. The summed E-state index contributed by atoms with van der Waals surface area (Å²) in [6, 6.07) is 3.95. The van der Waals surface area contributed by atoms with Crippen LogP contribution in [0.2, 0.25) is 0 Å². The van der Waals surface area contributed by atoms with Gasteiger partial charge in [0.1, 0.15) is 5.65 Å². The maximum absolute atomic E-state index is 5.45. The SMILES string of the molecule is ClCC#Cc1cnc2[nH]ccc2c1. The van der Waals surface area contributed by atoms with E-state index in [1.54, 1.807) is 6.20 Å². The Morgan fingerprint density at radius 2 is 2.46 bits per heavy atom. The van der Waals surface area contributed by atoms with Gasteiger partial charge in [-0.3, -0.25) is 0 Å². The molecule has 0 aliphatic rings. The van der Waals surface area contributed by atoms with Crippen molar-refractivity contribution in [2.75, 3.05) is 5.88 Å². The monoisotopic (exact) mass is 190 g/mol. The minimum atomic E-state index is 0.352. The first-order valence-corrected chi connectivity index (χ1v) is 4.41. The highest BCUT2D eigenvalue weighted by molar-refractivity contribution is 6.19. The van der Waals surface area contributed by atoms with Crippen LogP contribution in [0.1, 0.15) is 5.56 Å². The largest absolute Gasteiger partial charge is 0.346 e. The molecule has 0 atom stereocenters. The molecule has 2 nitrogen and oxygen atoms in total. The van der Waals surface area contributed by atoms with Crippen LogP contribution in [0.15, 0.2) is 24.5 Å². The molecule has 0 amide bonds. The lowest BCUT2D eigenvalue weighted by atomic mass is 10.2. The number of hydrogen-bond acceptors (Lipinski definition) is 1. The van der Waals surface area contributed by atoms with Crippen LogP contribution < -0.4 is 0 Å². The molecule has 0 aliphatic carbocycles. The van der Waals surface area contributed by atoms with Gasteiger partial charge in [-0.1, -0.05) is 11.8 Å². The van der Waals surface area contributed by atoms with E-state index < -0.39 is 0 Å². The molecule has 0 aromatic carbocycles. The molecule has 0 fully saturated rings. The predicted molar refractivity (Wildman–Crippen MR) is 53.7 cm³/mol. The normalized spacial score (nSPS) is 9.62. The number of rotatable bonds is 0. The van der Waals surface area contributed by atoms with Crippen molar-refractivity contribution in [3.63, 3.8) is 0 Å². The Kier molecular flexibility index (Phi) is 2.20. The first-order valence-electron chi connectivity index (χ1n) is 3.88. The Balaban J connectivity index is 2.48. The molecule has 2 rings (SSSR count). The molecule has 0 spiro atoms. The van der Waals surface area contributed by atoms with Gasteiger partial charge in [0, 0.05) is 23.3 Å². The quantitative estimate of drug-likeness (QED) is 0.501. The summed E-state index contributed by atoms with van der Waals surface area (Å²) in [4.78, 5) is 7.21. The second-order valence-corrected chi connectivity index (χ2v) is 2.84. The van der Waals surface area contributed by atoms with Crippen LogP contribution in [0.5, 0.6) is 0 Å². The maximum atomic E-state index is 5.45. The molecule has 2 aromatic heterocycles. The molecular weight excluding hydrogens is 184 g/mol. The summed E-state index contributed by atoms with van der Waals surface area (Å²) < 4.78 is 0. The average Bonchev–Trinajstić information content (AvgIpc) is 2.61. The van der Waals surface area contributed by atoms with Crippen LogP contribution in [0.4, 0.5) is 0 Å². The van der Waals surface area contributed by atoms with E-state index in [0.29, 0.717) is 5.88 Å². The van der Waals surface area contributed by atoms with Crippen LogP contribution in [-0.4, -0.2) is 15.8 Å². The zero-order valence-corrected chi connectivity index (χ0v) is 7.60. The molecule has 2 aromatic rings. The standard InChI is InChI=1S/C10H7ClN2/c11-4-1-2-8-6-9-3-5-12-10(9)13-7-8/h3,5-7H,4H2,(H,12,13). The van der Waals surface area contributed by atoms with Crippen molar-refractivity contribution in [3.8, 4) is 11.8 Å². The Morgan fingerprint density at radius 1 is 1.54 bits per heavy atom. The topological polar surface area (TPSA) is 28.7 Å². The van der Waals surface area contributed by atoms with E-state index in [1.807, 2.05) is 18.3 Å². The fourth-order valence-electron chi connectivity index (χ4n) is 1.14. The smallest absolute Gasteiger partial charge is 0.137 e. The molecule has 2 heterocycles. The van der Waals surface area contributed by atoms with E-state index in [4.69, 9.17) is 11.6 Å². The van der Waals surface area contributed by atoms with E-state index in [2.05, 4.69) is 21.8 Å². The Morgan fingerprint density at radius 3 is 3.31 bits per heavy atom. The van der Waals surface area contributed by atoms with Crippen molar-refractivity contribution in [1.82, 2.24) is 9.97 Å². The Hall–Kier alpha value is -1.46. The lowest BCUT2D eigenvalue weighted by Crippen LogP contribution is -1.79. The van der Waals surface area contributed by atoms with Crippen molar-refractivity contribution >= 4 is 22.6 Å². The number of fused-ring (bicyclic) bond motifs is 1. The first kappa shape index (κ1) is 8.15. The fourth-order valence-corrected chi connectivity index (χ4v) is 1.21. The molecule has 3 heteroatoms. The second-order valence-electron chi connectivity index (χ2n) is 2.57. The van der Waals surface area contributed by atoms with Gasteiger partial charge in [-0.25, -0.2) is 4.98 Å². The summed E-state index contributed by atoms with van der Waals surface area (Å²) in [5, 5.41) is 1.07. The molecule has 0 unspecified atom stereocenters. The first-order chi connectivity index (χ1) is 6.40. The molecule has 0 saturated carbocycles. The van der Waals surface area contributed by atoms with Gasteiger partial charge in [0.15, 0.2) is 0 Å². The van der Waals surface area contributed by atoms with E-state index >= 15 is 0 Å². The molecule has 0 radical (unpaired) electrons. The van der Waals surface area contributed by atoms with E-state index in [1.165, 1.54) is 0 Å². The molecule has 1 N–H and O–H groups in total. The van der Waals surface area contributed by atoms with Crippen molar-refractivity contribution in [2.24, 2.45) is 0 Å². The van der Waals surface area contributed by atoms with Gasteiger partial charge in [0.2, 0.25) is 0 Å². The van der Waals surface area contributed by atoms with Crippen LogP contribution in [-0.2, 0) is 0 Å². The third kappa shape index (κ3) is 1.66. The number of nitrogens with zero attached hydrogens (tertiary/aromatic N) is 1. The Bertz CT molecular complexity index is 476. The van der Waals surface area contributed by atoms with Crippen LogP contribution in [0.3, 0.4) is 0 Å². The molecule has 13 heavy (non-hydrogen) atoms. The lowest BCUT2D eigenvalue weighted by Gasteiger charge is -1.89. The molecule has 0 aliphatic heterocycles. The lowest BCUT2D eigenvalue weighted by molar-refractivity contribution is 1.32. The maximum Gasteiger partial charge on any atom is 0.137 e. The number of alkyl halides is 1. The van der Waals surface area contributed by atoms with Crippen molar-refractivity contribution in [2.45, 2.75) is 0 Å². The number of aromatic amines is 1. The van der Waals surface area contributed by atoms with E-state index in [9.17, 15) is 0 Å². The van der Waals surface area contributed by atoms with Gasteiger partial charge >= 0.3 is 0 Å². The molecular formula is C10H7ClN2. The Labute approximate surface area is 80.9 Å². The van der Waals surface area contributed by atoms with E-state index in [0.717, 1.165) is 16.6 Å². The van der Waals surface area contributed by atoms with Crippen molar-refractivity contribution in [1.29, 1.82) is 0 Å². The number of H-pyrrole nitrogens is 1. The summed E-state index contributed by atoms with van der Waals surface area (Å²) in [6.45, 7) is 0. The summed E-state index contributed by atoms with van der Waals surface area (Å²) >= 11 is 5.45. The number of hydrogen-bond donors (Lipinski definition) is 1. The fraction of sp³-hybridized carbons (Fsp3) is 0.100. The molecule has 64 valence electrons. The highest BCUT2D eigenvalue weighted by Gasteiger charge is 1.94. The van der Waals surface area contributed by atoms with Crippen molar-refractivity contribution < 1.29 is 0 Å².